The highest BCUT2D eigenvalue weighted by Crippen LogP contribution is 2.36. The quantitative estimate of drug-likeness (QED) is 0.700. The van der Waals surface area contributed by atoms with E-state index in [0.717, 1.165) is 5.75 Å². The van der Waals surface area contributed by atoms with Crippen molar-refractivity contribution in [3.05, 3.63) is 65.5 Å². The summed E-state index contributed by atoms with van der Waals surface area (Å²) >= 11 is -0.974. The van der Waals surface area contributed by atoms with E-state index in [1.54, 1.807) is 29.2 Å². The number of benzene rings is 2. The minimum absolute atomic E-state index is 0.219. The summed E-state index contributed by atoms with van der Waals surface area (Å²) in [5.41, 5.74) is 0.405. The predicted molar refractivity (Wildman–Crippen MR) is 123 cm³/mol. The molecule has 9 heteroatoms. The summed E-state index contributed by atoms with van der Waals surface area (Å²) in [5.74, 6) is -1.35. The Morgan fingerprint density at radius 2 is 1.56 bits per heavy atom. The van der Waals surface area contributed by atoms with Gasteiger partial charge in [0.2, 0.25) is 5.12 Å². The first-order chi connectivity index (χ1) is 15.3. The SMILES string of the molecule is O=C1[SH4]CCN(c2ccc(C(=O)N3CCC(C(=O)O)(c4ccc(F)cc4)CC3)cc2)C1=O. The molecular formula is C23H25FN2O5S. The molecule has 0 radical (unpaired) electrons. The van der Waals surface area contributed by atoms with Crippen molar-refractivity contribution in [2.75, 3.05) is 30.3 Å². The van der Waals surface area contributed by atoms with Crippen LogP contribution in [0.2, 0.25) is 0 Å². The maximum Gasteiger partial charge on any atom is 0.314 e. The molecule has 0 saturated carbocycles. The van der Waals surface area contributed by atoms with Gasteiger partial charge in [-0.1, -0.05) is 12.1 Å². The molecule has 0 aliphatic carbocycles. The first-order valence-corrected chi connectivity index (χ1v) is 12.3. The smallest absolute Gasteiger partial charge is 0.314 e. The standard InChI is InChI=1S/C23H25FN2O5S/c24-17-5-3-16(4-6-17)23(22(30)31)9-11-25(12-10-23)19(27)15-1-7-18(8-2-15)26-13-14-32-21(29)20(26)28/h1-8H,9-14H2,32H4,(H,30,31). The highest BCUT2D eigenvalue weighted by molar-refractivity contribution is 8.15. The molecule has 2 aliphatic rings. The molecular weight excluding hydrogens is 435 g/mol. The zero-order chi connectivity index (χ0) is 22.9. The monoisotopic (exact) mass is 460 g/mol. The molecule has 2 aromatic carbocycles. The van der Waals surface area contributed by atoms with E-state index in [9.17, 15) is 28.7 Å². The van der Waals surface area contributed by atoms with Gasteiger partial charge in [-0.05, 0) is 60.6 Å². The molecule has 170 valence electrons. The lowest BCUT2D eigenvalue weighted by Crippen LogP contribution is -2.49. The van der Waals surface area contributed by atoms with Gasteiger partial charge in [0.25, 0.3) is 5.91 Å². The Labute approximate surface area is 188 Å². The molecule has 2 fully saturated rings. The third kappa shape index (κ3) is 4.00. The number of carbonyl (C=O) groups is 4. The van der Waals surface area contributed by atoms with Crippen LogP contribution >= 0.6 is 11.8 Å². The van der Waals surface area contributed by atoms with Crippen molar-refractivity contribution in [1.82, 2.24) is 4.90 Å². The van der Waals surface area contributed by atoms with Crippen molar-refractivity contribution in [3.63, 3.8) is 0 Å². The number of carbonyl (C=O) groups excluding carboxylic acids is 3. The van der Waals surface area contributed by atoms with Gasteiger partial charge >= 0.3 is 11.9 Å². The van der Waals surface area contributed by atoms with E-state index < -0.39 is 34.9 Å². The van der Waals surface area contributed by atoms with Crippen LogP contribution in [0, 0.1) is 5.82 Å². The minimum Gasteiger partial charge on any atom is -0.481 e. The summed E-state index contributed by atoms with van der Waals surface area (Å²) in [6.45, 7) is 1.04. The maximum absolute atomic E-state index is 13.3. The summed E-state index contributed by atoms with van der Waals surface area (Å²) < 4.78 is 13.3. The van der Waals surface area contributed by atoms with Crippen LogP contribution in [0.5, 0.6) is 0 Å². The lowest BCUT2D eigenvalue weighted by atomic mass is 9.72. The first kappa shape index (κ1) is 22.0. The number of amides is 2. The number of halogens is 1. The second-order valence-electron chi connectivity index (χ2n) is 8.22. The number of piperidine rings is 1. The van der Waals surface area contributed by atoms with E-state index in [-0.39, 0.29) is 37.0 Å². The molecule has 32 heavy (non-hydrogen) atoms. The van der Waals surface area contributed by atoms with E-state index in [1.807, 2.05) is 0 Å². The van der Waals surface area contributed by atoms with Gasteiger partial charge in [0.15, 0.2) is 0 Å². The summed E-state index contributed by atoms with van der Waals surface area (Å²) in [7, 11) is 0. The highest BCUT2D eigenvalue weighted by atomic mass is 32.2. The van der Waals surface area contributed by atoms with Crippen molar-refractivity contribution in [2.45, 2.75) is 18.3 Å². The van der Waals surface area contributed by atoms with E-state index in [2.05, 4.69) is 0 Å². The van der Waals surface area contributed by atoms with Crippen molar-refractivity contribution >= 4 is 40.3 Å². The van der Waals surface area contributed by atoms with Crippen LogP contribution in [0.15, 0.2) is 48.5 Å². The lowest BCUT2D eigenvalue weighted by Gasteiger charge is -2.39. The number of carboxylic acids is 1. The fourth-order valence-electron chi connectivity index (χ4n) is 4.46. The van der Waals surface area contributed by atoms with Crippen LogP contribution in [0.3, 0.4) is 0 Å². The number of carboxylic acid groups (broad SMARTS) is 1. The van der Waals surface area contributed by atoms with Crippen LogP contribution in [0.4, 0.5) is 10.1 Å². The zero-order valence-electron chi connectivity index (χ0n) is 17.4. The van der Waals surface area contributed by atoms with E-state index in [0.29, 0.717) is 23.4 Å². The van der Waals surface area contributed by atoms with Crippen LogP contribution in [0.1, 0.15) is 28.8 Å². The maximum atomic E-state index is 13.3. The Bertz CT molecular complexity index is 1060. The molecule has 0 unspecified atom stereocenters. The number of nitrogens with zero attached hydrogens (tertiary/aromatic N) is 2. The fourth-order valence-corrected chi connectivity index (χ4v) is 5.66. The van der Waals surface area contributed by atoms with Crippen molar-refractivity contribution in [3.8, 4) is 0 Å². The molecule has 2 heterocycles. The molecule has 1 N–H and O–H groups in total. The lowest BCUT2D eigenvalue weighted by molar-refractivity contribution is -0.145. The van der Waals surface area contributed by atoms with Crippen molar-refractivity contribution in [1.29, 1.82) is 0 Å². The van der Waals surface area contributed by atoms with Gasteiger partial charge in [0.05, 0.1) is 5.41 Å². The van der Waals surface area contributed by atoms with Crippen LogP contribution in [-0.2, 0) is 19.8 Å². The molecule has 2 aliphatic heterocycles. The number of rotatable bonds is 4. The van der Waals surface area contributed by atoms with Crippen LogP contribution in [-0.4, -0.2) is 58.3 Å². The average Bonchev–Trinajstić information content (AvgIpc) is 2.81. The Morgan fingerprint density at radius 1 is 0.938 bits per heavy atom. The molecule has 0 aromatic heterocycles. The fraction of sp³-hybridized carbons (Fsp3) is 0.304. The Balaban J connectivity index is 1.46. The highest BCUT2D eigenvalue weighted by Gasteiger charge is 2.44. The molecule has 7 nitrogen and oxygen atoms in total. The third-order valence-corrected chi connectivity index (χ3v) is 7.83. The number of hydrogen-bond acceptors (Lipinski definition) is 4. The van der Waals surface area contributed by atoms with Crippen LogP contribution < -0.4 is 4.90 Å². The Morgan fingerprint density at radius 3 is 2.16 bits per heavy atom. The number of aliphatic carboxylic acids is 1. The van der Waals surface area contributed by atoms with Gasteiger partial charge in [-0.3, -0.25) is 19.2 Å². The molecule has 4 rings (SSSR count). The Kier molecular flexibility index (Phi) is 6.01. The topological polar surface area (TPSA) is 95.0 Å². The normalized spacial score (nSPS) is 18.8. The molecule has 0 spiro atoms. The average molecular weight is 461 g/mol. The van der Waals surface area contributed by atoms with Crippen LogP contribution in [0.25, 0.3) is 0 Å². The van der Waals surface area contributed by atoms with Gasteiger partial charge in [0.1, 0.15) is 5.82 Å². The van der Waals surface area contributed by atoms with E-state index >= 15 is 0 Å². The minimum atomic E-state index is -1.15. The first-order valence-electron chi connectivity index (χ1n) is 10.6. The molecule has 0 atom stereocenters. The van der Waals surface area contributed by atoms with Gasteiger partial charge in [-0.25, -0.2) is 16.2 Å². The van der Waals surface area contributed by atoms with E-state index in [1.165, 1.54) is 29.2 Å². The summed E-state index contributed by atoms with van der Waals surface area (Å²) in [6.07, 6.45) is 0.456. The van der Waals surface area contributed by atoms with E-state index in [4.69, 9.17) is 0 Å². The third-order valence-electron chi connectivity index (χ3n) is 6.41. The number of hydrogen-bond donors (Lipinski definition) is 1. The zero-order valence-corrected chi connectivity index (χ0v) is 18.8. The number of anilines is 1. The molecule has 2 aromatic rings. The predicted octanol–water partition coefficient (Wildman–Crippen LogP) is 1.62. The summed E-state index contributed by atoms with van der Waals surface area (Å²) in [4.78, 5) is 52.0. The van der Waals surface area contributed by atoms with Crippen molar-refractivity contribution in [2.24, 2.45) is 0 Å². The molecule has 2 saturated heterocycles. The summed E-state index contributed by atoms with van der Waals surface area (Å²) in [5, 5.41) is 9.63. The van der Waals surface area contributed by atoms with Gasteiger partial charge in [-0.15, -0.1) is 0 Å². The second-order valence-corrected chi connectivity index (χ2v) is 10.1. The van der Waals surface area contributed by atoms with Crippen molar-refractivity contribution < 1.29 is 28.7 Å². The molecule has 0 bridgehead atoms. The Hall–Kier alpha value is -3.20. The molecule has 2 amide bonds. The van der Waals surface area contributed by atoms with Gasteiger partial charge in [-0.2, -0.15) is 0 Å². The summed E-state index contributed by atoms with van der Waals surface area (Å²) in [6, 6.07) is 12.1. The number of likely N-dealkylation sites (tertiary alicyclic amines) is 1. The van der Waals surface area contributed by atoms with Gasteiger partial charge < -0.3 is 14.9 Å². The largest absolute Gasteiger partial charge is 0.481 e. The second kappa shape index (κ2) is 8.74. The van der Waals surface area contributed by atoms with Gasteiger partial charge in [0, 0.05) is 30.9 Å².